The number of nitrogens with one attached hydrogen (secondary N) is 2. The van der Waals surface area contributed by atoms with Gasteiger partial charge in [-0.1, -0.05) is 40.2 Å². The van der Waals surface area contributed by atoms with Gasteiger partial charge < -0.3 is 10.2 Å². The smallest absolute Gasteiger partial charge is 0.254 e. The van der Waals surface area contributed by atoms with Crippen LogP contribution in [0.15, 0.2) is 46.9 Å². The van der Waals surface area contributed by atoms with Crippen molar-refractivity contribution in [3.63, 3.8) is 0 Å². The first-order chi connectivity index (χ1) is 10.5. The third-order valence-electron chi connectivity index (χ3n) is 3.21. The standard InChI is InChI=1S/C17H18BrFN2O/c1-21(2)11-13-5-3-12(4-6-13)10-20-17(22)15-8-7-14(18)9-16(15)19/h3-9H,10-11H2,1-2H3,(H,20,22)/p+1. The van der Waals surface area contributed by atoms with Crippen molar-refractivity contribution in [3.8, 4) is 0 Å². The highest BCUT2D eigenvalue weighted by Gasteiger charge is 2.11. The Morgan fingerprint density at radius 1 is 1.14 bits per heavy atom. The normalized spacial score (nSPS) is 10.8. The summed E-state index contributed by atoms with van der Waals surface area (Å²) < 4.78 is 14.3. The van der Waals surface area contributed by atoms with E-state index in [1.54, 1.807) is 6.07 Å². The van der Waals surface area contributed by atoms with Gasteiger partial charge in [-0.25, -0.2) is 4.39 Å². The van der Waals surface area contributed by atoms with Gasteiger partial charge in [-0.15, -0.1) is 0 Å². The predicted molar refractivity (Wildman–Crippen MR) is 88.2 cm³/mol. The molecule has 0 fully saturated rings. The first-order valence-corrected chi connectivity index (χ1v) is 7.85. The van der Waals surface area contributed by atoms with Crippen LogP contribution >= 0.6 is 15.9 Å². The van der Waals surface area contributed by atoms with Gasteiger partial charge in [-0.05, 0) is 23.8 Å². The van der Waals surface area contributed by atoms with Gasteiger partial charge in [0.05, 0.1) is 19.7 Å². The summed E-state index contributed by atoms with van der Waals surface area (Å²) in [5, 5.41) is 2.74. The first-order valence-electron chi connectivity index (χ1n) is 7.06. The van der Waals surface area contributed by atoms with Crippen LogP contribution in [-0.2, 0) is 13.1 Å². The van der Waals surface area contributed by atoms with Gasteiger partial charge in [-0.2, -0.15) is 0 Å². The number of halogens is 2. The van der Waals surface area contributed by atoms with Gasteiger partial charge in [0.1, 0.15) is 12.4 Å². The molecule has 22 heavy (non-hydrogen) atoms. The molecule has 116 valence electrons. The van der Waals surface area contributed by atoms with Crippen LogP contribution in [0.2, 0.25) is 0 Å². The summed E-state index contributed by atoms with van der Waals surface area (Å²) in [6.07, 6.45) is 0. The SMILES string of the molecule is C[NH+](C)Cc1ccc(CNC(=O)c2ccc(Br)cc2F)cc1. The summed E-state index contributed by atoms with van der Waals surface area (Å²) in [6.45, 7) is 1.33. The average Bonchev–Trinajstić information content (AvgIpc) is 2.45. The second-order valence-electron chi connectivity index (χ2n) is 5.51. The van der Waals surface area contributed by atoms with Crippen LogP contribution in [0, 0.1) is 5.82 Å². The van der Waals surface area contributed by atoms with Crippen molar-refractivity contribution in [1.29, 1.82) is 0 Å². The van der Waals surface area contributed by atoms with E-state index in [1.165, 1.54) is 22.6 Å². The third-order valence-corrected chi connectivity index (χ3v) is 3.70. The summed E-state index contributed by atoms with van der Waals surface area (Å²) in [6, 6.07) is 12.5. The second-order valence-corrected chi connectivity index (χ2v) is 6.42. The van der Waals surface area contributed by atoms with Crippen molar-refractivity contribution in [1.82, 2.24) is 5.32 Å². The topological polar surface area (TPSA) is 33.5 Å². The number of hydrogen-bond donors (Lipinski definition) is 2. The minimum Gasteiger partial charge on any atom is -0.348 e. The lowest BCUT2D eigenvalue weighted by molar-refractivity contribution is -0.872. The van der Waals surface area contributed by atoms with Crippen molar-refractivity contribution in [3.05, 3.63) is 69.4 Å². The highest BCUT2D eigenvalue weighted by Crippen LogP contribution is 2.15. The van der Waals surface area contributed by atoms with E-state index >= 15 is 0 Å². The van der Waals surface area contributed by atoms with E-state index in [2.05, 4.69) is 47.5 Å². The molecule has 2 N–H and O–H groups in total. The summed E-state index contributed by atoms with van der Waals surface area (Å²) in [5.74, 6) is -0.942. The average molecular weight is 366 g/mol. The summed E-state index contributed by atoms with van der Waals surface area (Å²) in [7, 11) is 4.20. The molecule has 0 aliphatic carbocycles. The molecule has 3 nitrogen and oxygen atoms in total. The first kappa shape index (κ1) is 16.6. The Bertz CT molecular complexity index is 656. The molecule has 2 aromatic carbocycles. The van der Waals surface area contributed by atoms with Crippen LogP contribution in [0.3, 0.4) is 0 Å². The van der Waals surface area contributed by atoms with Crippen molar-refractivity contribution in [2.75, 3.05) is 14.1 Å². The Kier molecular flexibility index (Phi) is 5.69. The van der Waals surface area contributed by atoms with E-state index in [9.17, 15) is 9.18 Å². The highest BCUT2D eigenvalue weighted by atomic mass is 79.9. The van der Waals surface area contributed by atoms with E-state index in [0.29, 0.717) is 11.0 Å². The van der Waals surface area contributed by atoms with Gasteiger partial charge >= 0.3 is 0 Å². The highest BCUT2D eigenvalue weighted by molar-refractivity contribution is 9.10. The van der Waals surface area contributed by atoms with Crippen LogP contribution in [0.4, 0.5) is 4.39 Å². The number of carbonyl (C=O) groups excluding carboxylic acids is 1. The third kappa shape index (κ3) is 4.64. The molecule has 0 bridgehead atoms. The van der Waals surface area contributed by atoms with Crippen molar-refractivity contribution >= 4 is 21.8 Å². The fourth-order valence-electron chi connectivity index (χ4n) is 2.13. The zero-order valence-electron chi connectivity index (χ0n) is 12.6. The maximum atomic E-state index is 13.7. The molecule has 0 atom stereocenters. The second kappa shape index (κ2) is 7.51. The largest absolute Gasteiger partial charge is 0.348 e. The summed E-state index contributed by atoms with van der Waals surface area (Å²) in [4.78, 5) is 13.3. The molecule has 2 aromatic rings. The van der Waals surface area contributed by atoms with Gasteiger partial charge in [0.15, 0.2) is 0 Å². The van der Waals surface area contributed by atoms with Crippen molar-refractivity contribution in [2.45, 2.75) is 13.1 Å². The fourth-order valence-corrected chi connectivity index (χ4v) is 2.47. The molecule has 0 aromatic heterocycles. The fraction of sp³-hybridized carbons (Fsp3) is 0.235. The molecule has 0 heterocycles. The number of benzene rings is 2. The molecule has 0 aliphatic rings. The van der Waals surface area contributed by atoms with Gasteiger partial charge in [0.25, 0.3) is 5.91 Å². The van der Waals surface area contributed by atoms with E-state index < -0.39 is 11.7 Å². The van der Waals surface area contributed by atoms with Crippen LogP contribution in [-0.4, -0.2) is 20.0 Å². The molecule has 0 saturated carbocycles. The molecule has 0 aliphatic heterocycles. The monoisotopic (exact) mass is 365 g/mol. The Balaban J connectivity index is 1.96. The van der Waals surface area contributed by atoms with Gasteiger partial charge in [0.2, 0.25) is 0 Å². The minimum atomic E-state index is -0.531. The quantitative estimate of drug-likeness (QED) is 0.836. The number of rotatable bonds is 5. The van der Waals surface area contributed by atoms with E-state index in [1.807, 2.05) is 12.1 Å². The number of hydrogen-bond acceptors (Lipinski definition) is 1. The molecule has 0 unspecified atom stereocenters. The number of quaternary nitrogens is 1. The molecule has 0 saturated heterocycles. The van der Waals surface area contributed by atoms with Gasteiger partial charge in [-0.3, -0.25) is 4.79 Å². The number of carbonyl (C=O) groups is 1. The van der Waals surface area contributed by atoms with Crippen LogP contribution < -0.4 is 10.2 Å². The molecule has 1 amide bonds. The lowest BCUT2D eigenvalue weighted by atomic mass is 10.1. The predicted octanol–water partition coefficient (Wildman–Crippen LogP) is 2.16. The minimum absolute atomic E-state index is 0.0519. The van der Waals surface area contributed by atoms with Crippen LogP contribution in [0.25, 0.3) is 0 Å². The van der Waals surface area contributed by atoms with E-state index in [4.69, 9.17) is 0 Å². The molecule has 0 spiro atoms. The zero-order chi connectivity index (χ0) is 16.1. The Morgan fingerprint density at radius 2 is 1.77 bits per heavy atom. The van der Waals surface area contributed by atoms with Crippen LogP contribution in [0.1, 0.15) is 21.5 Å². The maximum absolute atomic E-state index is 13.7. The Morgan fingerprint density at radius 3 is 2.36 bits per heavy atom. The molecule has 5 heteroatoms. The lowest BCUT2D eigenvalue weighted by Crippen LogP contribution is -3.04. The summed E-state index contributed by atoms with van der Waals surface area (Å²) >= 11 is 3.17. The molecule has 0 radical (unpaired) electrons. The summed E-state index contributed by atoms with van der Waals surface area (Å²) in [5.41, 5.74) is 2.29. The molecular formula is C17H19BrFN2O+. The van der Waals surface area contributed by atoms with Crippen molar-refractivity contribution in [2.24, 2.45) is 0 Å². The Hall–Kier alpha value is -1.72. The van der Waals surface area contributed by atoms with Gasteiger partial charge in [0, 0.05) is 16.6 Å². The molecule has 2 rings (SSSR count). The molecular weight excluding hydrogens is 347 g/mol. The lowest BCUT2D eigenvalue weighted by Gasteiger charge is -2.09. The van der Waals surface area contributed by atoms with E-state index in [-0.39, 0.29) is 5.56 Å². The zero-order valence-corrected chi connectivity index (χ0v) is 14.2. The van der Waals surface area contributed by atoms with E-state index in [0.717, 1.165) is 12.1 Å². The number of amides is 1. The Labute approximate surface area is 138 Å². The maximum Gasteiger partial charge on any atom is 0.254 e. The van der Waals surface area contributed by atoms with Crippen molar-refractivity contribution < 1.29 is 14.1 Å². The van der Waals surface area contributed by atoms with Crippen LogP contribution in [0.5, 0.6) is 0 Å².